The average Bonchev–Trinajstić information content (AvgIpc) is 3.12. The molecule has 0 heterocycles. The van der Waals surface area contributed by atoms with Gasteiger partial charge in [-0.25, -0.2) is 0 Å². The van der Waals surface area contributed by atoms with Crippen LogP contribution in [0.2, 0.25) is 0 Å². The number of amides is 1. The number of unbranched alkanes of at least 4 members (excludes halogenated alkanes) is 12. The lowest BCUT2D eigenvalue weighted by atomic mass is 10.0. The molecule has 1 amide bonds. The van der Waals surface area contributed by atoms with Gasteiger partial charge in [-0.2, -0.15) is 0 Å². The Kier molecular flexibility index (Phi) is 35.2. The highest BCUT2D eigenvalue weighted by atomic mass is 31.2. The van der Waals surface area contributed by atoms with E-state index in [2.05, 4.69) is 79.9 Å². The first-order valence-corrected chi connectivity index (χ1v) is 22.7. The Morgan fingerprint density at radius 1 is 0.667 bits per heavy atom. The Balaban J connectivity index is 4.55. The van der Waals surface area contributed by atoms with E-state index >= 15 is 0 Å². The summed E-state index contributed by atoms with van der Waals surface area (Å²) >= 11 is 0. The summed E-state index contributed by atoms with van der Waals surface area (Å²) in [6, 6.07) is -0.843. The molecule has 0 radical (unpaired) electrons. The van der Waals surface area contributed by atoms with Crippen molar-refractivity contribution in [2.75, 3.05) is 40.9 Å². The summed E-state index contributed by atoms with van der Waals surface area (Å²) in [4.78, 5) is 25.2. The molecule has 0 bridgehead atoms. The van der Waals surface area contributed by atoms with E-state index in [0.717, 1.165) is 57.8 Å². The fourth-order valence-electron chi connectivity index (χ4n) is 5.59. The summed E-state index contributed by atoms with van der Waals surface area (Å²) in [5.41, 5.74) is 0. The van der Waals surface area contributed by atoms with Crippen LogP contribution in [-0.2, 0) is 18.4 Å². The van der Waals surface area contributed by atoms with Gasteiger partial charge in [0, 0.05) is 6.42 Å². The van der Waals surface area contributed by atoms with Crippen molar-refractivity contribution in [2.24, 2.45) is 0 Å². The van der Waals surface area contributed by atoms with Gasteiger partial charge in [0.2, 0.25) is 5.91 Å². The maximum absolute atomic E-state index is 12.8. The van der Waals surface area contributed by atoms with E-state index in [0.29, 0.717) is 23.9 Å². The van der Waals surface area contributed by atoms with Gasteiger partial charge in [-0.15, -0.1) is 0 Å². The number of hydrogen-bond donors (Lipinski definition) is 2. The number of aliphatic hydroxyl groups excluding tert-OH is 1. The highest BCUT2D eigenvalue weighted by Crippen LogP contribution is 2.38. The second kappa shape index (κ2) is 36.6. The first-order valence-electron chi connectivity index (χ1n) is 21.3. The molecule has 0 saturated heterocycles. The molecular formula is C45H81N2O6P. The van der Waals surface area contributed by atoms with Gasteiger partial charge in [0.1, 0.15) is 13.2 Å². The minimum absolute atomic E-state index is 0.00519. The SMILES string of the molecule is CC/C=C\C/C=C\C/C=C\C/C=C\C/C=C\C/C=C\CCC(=O)NC(COP(=O)([O-])OCC[N+](C)(C)C)C(O)CCCCCCCCCCCCCCC. The Morgan fingerprint density at radius 3 is 1.54 bits per heavy atom. The molecule has 0 aliphatic carbocycles. The Hall–Kier alpha value is -2.06. The van der Waals surface area contributed by atoms with E-state index in [1.54, 1.807) is 0 Å². The fraction of sp³-hybridized carbons (Fsp3) is 0.711. The van der Waals surface area contributed by atoms with Crippen molar-refractivity contribution >= 4 is 13.7 Å². The number of carbonyl (C=O) groups is 1. The number of hydrogen-bond acceptors (Lipinski definition) is 6. The van der Waals surface area contributed by atoms with Crippen LogP contribution in [0.15, 0.2) is 72.9 Å². The molecule has 3 unspecified atom stereocenters. The molecule has 0 aromatic rings. The number of likely N-dealkylation sites (N-methyl/N-ethyl adjacent to an activating group) is 1. The molecule has 0 aromatic carbocycles. The van der Waals surface area contributed by atoms with Crippen LogP contribution in [-0.4, -0.2) is 68.5 Å². The Morgan fingerprint density at radius 2 is 1.09 bits per heavy atom. The van der Waals surface area contributed by atoms with Gasteiger partial charge >= 0.3 is 0 Å². The average molecular weight is 777 g/mol. The monoisotopic (exact) mass is 777 g/mol. The van der Waals surface area contributed by atoms with Crippen molar-refractivity contribution in [3.63, 3.8) is 0 Å². The maximum atomic E-state index is 12.8. The van der Waals surface area contributed by atoms with E-state index < -0.39 is 20.0 Å². The van der Waals surface area contributed by atoms with Crippen LogP contribution in [0, 0.1) is 0 Å². The molecular weight excluding hydrogens is 695 g/mol. The number of allylic oxidation sites excluding steroid dienone is 12. The fourth-order valence-corrected chi connectivity index (χ4v) is 6.31. The molecule has 2 N–H and O–H groups in total. The van der Waals surface area contributed by atoms with Gasteiger partial charge in [0.05, 0.1) is 39.9 Å². The van der Waals surface area contributed by atoms with Crippen molar-refractivity contribution in [1.29, 1.82) is 0 Å². The molecule has 9 heteroatoms. The third-order valence-corrected chi connectivity index (χ3v) is 9.94. The first kappa shape index (κ1) is 51.9. The number of rotatable bonds is 37. The van der Waals surface area contributed by atoms with E-state index in [-0.39, 0.29) is 25.5 Å². The van der Waals surface area contributed by atoms with Crippen molar-refractivity contribution in [3.8, 4) is 0 Å². The van der Waals surface area contributed by atoms with Crippen LogP contribution in [0.5, 0.6) is 0 Å². The predicted octanol–water partition coefficient (Wildman–Crippen LogP) is 11.0. The highest BCUT2D eigenvalue weighted by Gasteiger charge is 2.24. The normalized spacial score (nSPS) is 15.2. The molecule has 0 spiro atoms. The molecule has 3 atom stereocenters. The Labute approximate surface area is 332 Å². The zero-order valence-corrected chi connectivity index (χ0v) is 36.0. The molecule has 54 heavy (non-hydrogen) atoms. The number of phosphoric acid groups is 1. The van der Waals surface area contributed by atoms with Crippen molar-refractivity contribution < 1.29 is 32.9 Å². The van der Waals surface area contributed by atoms with E-state index in [4.69, 9.17) is 9.05 Å². The van der Waals surface area contributed by atoms with Gasteiger partial charge < -0.3 is 28.8 Å². The smallest absolute Gasteiger partial charge is 0.268 e. The number of phosphoric ester groups is 1. The zero-order valence-electron chi connectivity index (χ0n) is 35.1. The third kappa shape index (κ3) is 38.2. The van der Waals surface area contributed by atoms with Crippen molar-refractivity contribution in [3.05, 3.63) is 72.9 Å². The van der Waals surface area contributed by atoms with Crippen molar-refractivity contribution in [1.82, 2.24) is 5.32 Å². The largest absolute Gasteiger partial charge is 0.756 e. The highest BCUT2D eigenvalue weighted by molar-refractivity contribution is 7.45. The molecule has 312 valence electrons. The van der Waals surface area contributed by atoms with Crippen LogP contribution in [0.3, 0.4) is 0 Å². The summed E-state index contributed by atoms with van der Waals surface area (Å²) in [7, 11) is 1.24. The van der Waals surface area contributed by atoms with E-state index in [9.17, 15) is 19.4 Å². The minimum atomic E-state index is -4.58. The third-order valence-electron chi connectivity index (χ3n) is 8.97. The van der Waals surface area contributed by atoms with Crippen LogP contribution >= 0.6 is 7.82 Å². The summed E-state index contributed by atoms with van der Waals surface area (Å²) < 4.78 is 23.2. The first-order chi connectivity index (χ1) is 26.0. The molecule has 0 aliphatic rings. The van der Waals surface area contributed by atoms with Crippen LogP contribution in [0.25, 0.3) is 0 Å². The van der Waals surface area contributed by atoms with Crippen LogP contribution in [0.4, 0.5) is 0 Å². The Bertz CT molecular complexity index is 1110. The summed E-state index contributed by atoms with van der Waals surface area (Å²) in [5, 5.41) is 13.8. The summed E-state index contributed by atoms with van der Waals surface area (Å²) in [6.07, 6.45) is 47.7. The molecule has 0 aromatic heterocycles. The lowest BCUT2D eigenvalue weighted by molar-refractivity contribution is -0.870. The second-order valence-corrected chi connectivity index (χ2v) is 16.7. The molecule has 0 saturated carbocycles. The minimum Gasteiger partial charge on any atom is -0.756 e. The van der Waals surface area contributed by atoms with Gasteiger partial charge in [-0.1, -0.05) is 170 Å². The van der Waals surface area contributed by atoms with Gasteiger partial charge in [-0.3, -0.25) is 9.36 Å². The standard InChI is InChI=1S/C45H81N2O6P/c1-6-8-10-12-14-16-18-20-21-22-23-24-25-27-29-31-33-35-37-39-45(49)46-43(42-53-54(50,51)52-41-40-47(3,4)5)44(48)38-36-34-32-30-28-26-19-17-15-13-11-9-7-2/h8,10,14,16,20-21,23-24,27,29,33,35,43-44,48H,6-7,9,11-13,15,17-19,22,25-26,28,30-32,34,36-42H2,1-5H3,(H-,46,49,50,51)/b10-8-,16-14-,21-20-,24-23-,29-27-,35-33-. The second-order valence-electron chi connectivity index (χ2n) is 15.3. The molecule has 8 nitrogen and oxygen atoms in total. The number of nitrogens with zero attached hydrogens (tertiary/aromatic N) is 1. The molecule has 0 aliphatic heterocycles. The lowest BCUT2D eigenvalue weighted by Gasteiger charge is -2.30. The topological polar surface area (TPSA) is 108 Å². The number of nitrogens with one attached hydrogen (secondary N) is 1. The van der Waals surface area contributed by atoms with Crippen LogP contribution in [0.1, 0.15) is 155 Å². The maximum Gasteiger partial charge on any atom is 0.268 e. The van der Waals surface area contributed by atoms with Gasteiger partial charge in [0.25, 0.3) is 7.82 Å². The van der Waals surface area contributed by atoms with Gasteiger partial charge in [0.15, 0.2) is 0 Å². The van der Waals surface area contributed by atoms with Gasteiger partial charge in [-0.05, 0) is 51.4 Å². The molecule has 0 fully saturated rings. The predicted molar refractivity (Wildman–Crippen MR) is 228 cm³/mol. The zero-order chi connectivity index (χ0) is 40.0. The number of quaternary nitrogens is 1. The molecule has 0 rings (SSSR count). The lowest BCUT2D eigenvalue weighted by Crippen LogP contribution is -2.46. The van der Waals surface area contributed by atoms with E-state index in [1.165, 1.54) is 64.2 Å². The summed E-state index contributed by atoms with van der Waals surface area (Å²) in [6.45, 7) is 4.52. The number of aliphatic hydroxyl groups is 1. The summed E-state index contributed by atoms with van der Waals surface area (Å²) in [5.74, 6) is -0.251. The van der Waals surface area contributed by atoms with E-state index in [1.807, 2.05) is 33.3 Å². The van der Waals surface area contributed by atoms with Crippen molar-refractivity contribution in [2.45, 2.75) is 167 Å². The quantitative estimate of drug-likeness (QED) is 0.0281. The number of carbonyl (C=O) groups excluding carboxylic acids is 1. The van der Waals surface area contributed by atoms with Crippen LogP contribution < -0.4 is 10.2 Å².